The molecule has 84 valence electrons. The Hall–Kier alpha value is -0.380. The van der Waals surface area contributed by atoms with Gasteiger partial charge in [0.2, 0.25) is 0 Å². The fraction of sp³-hybridized carbons (Fsp3) is 0.500. The van der Waals surface area contributed by atoms with Gasteiger partial charge >= 0.3 is 0 Å². The van der Waals surface area contributed by atoms with Gasteiger partial charge in [-0.3, -0.25) is 0 Å². The first kappa shape index (κ1) is 12.7. The van der Waals surface area contributed by atoms with Gasteiger partial charge in [-0.2, -0.15) is 0 Å². The minimum absolute atomic E-state index is 0.959. The van der Waals surface area contributed by atoms with Crippen molar-refractivity contribution in [2.75, 3.05) is 27.2 Å². The summed E-state index contributed by atoms with van der Waals surface area (Å²) in [6, 6.07) is 8.44. The number of halogens is 1. The molecule has 0 bridgehead atoms. The Kier molecular flexibility index (Phi) is 5.91. The van der Waals surface area contributed by atoms with Gasteiger partial charge in [0.05, 0.1) is 0 Å². The molecular weight excluding hydrogens is 252 g/mol. The summed E-state index contributed by atoms with van der Waals surface area (Å²) >= 11 is 3.43. The molecule has 0 amide bonds. The van der Waals surface area contributed by atoms with Crippen molar-refractivity contribution in [1.29, 1.82) is 0 Å². The highest BCUT2D eigenvalue weighted by Crippen LogP contribution is 2.09. The van der Waals surface area contributed by atoms with Crippen LogP contribution in [-0.2, 0) is 6.54 Å². The summed E-state index contributed by atoms with van der Waals surface area (Å²) in [7, 11) is 4.21. The number of benzene rings is 1. The summed E-state index contributed by atoms with van der Waals surface area (Å²) < 4.78 is 1.14. The SMILES string of the molecule is CN(C)CCCNCc1ccc(Br)cc1. The van der Waals surface area contributed by atoms with Crippen molar-refractivity contribution in [3.05, 3.63) is 34.3 Å². The van der Waals surface area contributed by atoms with Crippen molar-refractivity contribution in [1.82, 2.24) is 10.2 Å². The number of hydrogen-bond donors (Lipinski definition) is 1. The van der Waals surface area contributed by atoms with Crippen LogP contribution in [0.1, 0.15) is 12.0 Å². The molecule has 0 aliphatic heterocycles. The van der Waals surface area contributed by atoms with Crippen LogP contribution >= 0.6 is 15.9 Å². The summed E-state index contributed by atoms with van der Waals surface area (Å²) in [4.78, 5) is 2.21. The Morgan fingerprint density at radius 1 is 1.20 bits per heavy atom. The van der Waals surface area contributed by atoms with E-state index in [0.717, 1.165) is 24.1 Å². The van der Waals surface area contributed by atoms with Crippen LogP contribution in [0.2, 0.25) is 0 Å². The normalized spacial score (nSPS) is 10.9. The Balaban J connectivity index is 2.12. The summed E-state index contributed by atoms with van der Waals surface area (Å²) in [5, 5.41) is 3.43. The molecule has 1 rings (SSSR count). The van der Waals surface area contributed by atoms with Gasteiger partial charge in [-0.1, -0.05) is 28.1 Å². The lowest BCUT2D eigenvalue weighted by molar-refractivity contribution is 0.394. The second-order valence-electron chi connectivity index (χ2n) is 3.96. The quantitative estimate of drug-likeness (QED) is 0.800. The standard InChI is InChI=1S/C12H19BrN2/c1-15(2)9-3-8-14-10-11-4-6-12(13)7-5-11/h4-7,14H,3,8-10H2,1-2H3. The second-order valence-corrected chi connectivity index (χ2v) is 4.88. The molecule has 0 fully saturated rings. The van der Waals surface area contributed by atoms with E-state index >= 15 is 0 Å². The Morgan fingerprint density at radius 2 is 1.87 bits per heavy atom. The van der Waals surface area contributed by atoms with Crippen LogP contribution in [0.4, 0.5) is 0 Å². The Morgan fingerprint density at radius 3 is 2.47 bits per heavy atom. The molecule has 1 aromatic carbocycles. The predicted octanol–water partition coefficient (Wildman–Crippen LogP) is 2.49. The van der Waals surface area contributed by atoms with Gasteiger partial charge < -0.3 is 10.2 Å². The molecule has 0 atom stereocenters. The molecule has 0 unspecified atom stereocenters. The van der Waals surface area contributed by atoms with Crippen molar-refractivity contribution in [2.24, 2.45) is 0 Å². The average Bonchev–Trinajstić information content (AvgIpc) is 2.20. The molecule has 0 aliphatic carbocycles. The van der Waals surface area contributed by atoms with Crippen molar-refractivity contribution in [3.8, 4) is 0 Å². The first-order chi connectivity index (χ1) is 7.18. The zero-order valence-corrected chi connectivity index (χ0v) is 11.0. The Bertz CT molecular complexity index is 269. The molecule has 3 heteroatoms. The summed E-state index contributed by atoms with van der Waals surface area (Å²) in [5.41, 5.74) is 1.34. The molecule has 0 spiro atoms. The lowest BCUT2D eigenvalue weighted by Gasteiger charge is -2.09. The van der Waals surface area contributed by atoms with Gasteiger partial charge in [0.15, 0.2) is 0 Å². The molecule has 0 radical (unpaired) electrons. The largest absolute Gasteiger partial charge is 0.313 e. The van der Waals surface area contributed by atoms with Crippen LogP contribution < -0.4 is 5.32 Å². The molecule has 2 nitrogen and oxygen atoms in total. The van der Waals surface area contributed by atoms with Gasteiger partial charge in [0, 0.05) is 11.0 Å². The van der Waals surface area contributed by atoms with E-state index in [1.165, 1.54) is 12.0 Å². The predicted molar refractivity (Wildman–Crippen MR) is 69.0 cm³/mol. The third kappa shape index (κ3) is 5.92. The van der Waals surface area contributed by atoms with Crippen LogP contribution in [0.25, 0.3) is 0 Å². The molecule has 0 heterocycles. The first-order valence-electron chi connectivity index (χ1n) is 5.28. The van der Waals surface area contributed by atoms with Gasteiger partial charge in [-0.05, 0) is 51.3 Å². The summed E-state index contributed by atoms with van der Waals surface area (Å²) in [5.74, 6) is 0. The van der Waals surface area contributed by atoms with E-state index in [1.807, 2.05) is 0 Å². The molecule has 0 aromatic heterocycles. The van der Waals surface area contributed by atoms with E-state index in [-0.39, 0.29) is 0 Å². The highest BCUT2D eigenvalue weighted by atomic mass is 79.9. The highest BCUT2D eigenvalue weighted by molar-refractivity contribution is 9.10. The molecule has 0 saturated carbocycles. The van der Waals surface area contributed by atoms with Crippen molar-refractivity contribution >= 4 is 15.9 Å². The van der Waals surface area contributed by atoms with Gasteiger partial charge in [0.25, 0.3) is 0 Å². The molecule has 1 N–H and O–H groups in total. The van der Waals surface area contributed by atoms with Gasteiger partial charge in [0.1, 0.15) is 0 Å². The van der Waals surface area contributed by atoms with Crippen molar-refractivity contribution in [2.45, 2.75) is 13.0 Å². The number of nitrogens with one attached hydrogen (secondary N) is 1. The number of hydrogen-bond acceptors (Lipinski definition) is 2. The fourth-order valence-electron chi connectivity index (χ4n) is 1.36. The van der Waals surface area contributed by atoms with E-state index in [4.69, 9.17) is 0 Å². The average molecular weight is 271 g/mol. The van der Waals surface area contributed by atoms with Crippen LogP contribution in [0.15, 0.2) is 28.7 Å². The lowest BCUT2D eigenvalue weighted by Crippen LogP contribution is -2.20. The molecule has 1 aromatic rings. The van der Waals surface area contributed by atoms with E-state index in [0.29, 0.717) is 0 Å². The third-order valence-corrected chi connectivity index (χ3v) is 2.73. The van der Waals surface area contributed by atoms with Crippen LogP contribution in [-0.4, -0.2) is 32.1 Å². The first-order valence-corrected chi connectivity index (χ1v) is 6.07. The maximum Gasteiger partial charge on any atom is 0.0205 e. The molecule has 0 saturated heterocycles. The van der Waals surface area contributed by atoms with Crippen molar-refractivity contribution < 1.29 is 0 Å². The third-order valence-electron chi connectivity index (χ3n) is 2.20. The van der Waals surface area contributed by atoms with E-state index < -0.39 is 0 Å². The van der Waals surface area contributed by atoms with Gasteiger partial charge in [-0.25, -0.2) is 0 Å². The number of nitrogens with zero attached hydrogens (tertiary/aromatic N) is 1. The lowest BCUT2D eigenvalue weighted by atomic mass is 10.2. The van der Waals surface area contributed by atoms with Crippen LogP contribution in [0.3, 0.4) is 0 Å². The smallest absolute Gasteiger partial charge is 0.0205 e. The maximum absolute atomic E-state index is 3.43. The summed E-state index contributed by atoms with van der Waals surface area (Å²) in [6.45, 7) is 3.18. The molecule has 0 aliphatic rings. The minimum Gasteiger partial charge on any atom is -0.313 e. The zero-order chi connectivity index (χ0) is 11.1. The van der Waals surface area contributed by atoms with E-state index in [1.54, 1.807) is 0 Å². The zero-order valence-electron chi connectivity index (χ0n) is 9.46. The van der Waals surface area contributed by atoms with Crippen LogP contribution in [0, 0.1) is 0 Å². The monoisotopic (exact) mass is 270 g/mol. The maximum atomic E-state index is 3.43. The highest BCUT2D eigenvalue weighted by Gasteiger charge is 1.93. The fourth-order valence-corrected chi connectivity index (χ4v) is 1.62. The topological polar surface area (TPSA) is 15.3 Å². The second kappa shape index (κ2) is 6.99. The van der Waals surface area contributed by atoms with Gasteiger partial charge in [-0.15, -0.1) is 0 Å². The van der Waals surface area contributed by atoms with Crippen molar-refractivity contribution in [3.63, 3.8) is 0 Å². The number of rotatable bonds is 6. The molecule has 15 heavy (non-hydrogen) atoms. The van der Waals surface area contributed by atoms with Crippen LogP contribution in [0.5, 0.6) is 0 Å². The summed E-state index contributed by atoms with van der Waals surface area (Å²) in [6.07, 6.45) is 1.20. The Labute approximate surface area is 101 Å². The minimum atomic E-state index is 0.959. The van der Waals surface area contributed by atoms with E-state index in [9.17, 15) is 0 Å². The van der Waals surface area contributed by atoms with E-state index in [2.05, 4.69) is 64.5 Å². The molecular formula is C12H19BrN2.